The van der Waals surface area contributed by atoms with E-state index < -0.39 is 18.5 Å². The second-order valence-electron chi connectivity index (χ2n) is 7.79. The molecule has 0 aliphatic carbocycles. The number of rotatable bonds is 8. The van der Waals surface area contributed by atoms with E-state index >= 15 is 0 Å². The van der Waals surface area contributed by atoms with Gasteiger partial charge in [-0.2, -0.15) is 5.10 Å². The highest BCUT2D eigenvalue weighted by Crippen LogP contribution is 2.34. The van der Waals surface area contributed by atoms with Crippen molar-refractivity contribution in [3.05, 3.63) is 89.5 Å². The molecule has 0 saturated carbocycles. The zero-order valence-corrected chi connectivity index (χ0v) is 19.8. The van der Waals surface area contributed by atoms with Crippen molar-refractivity contribution in [2.75, 3.05) is 27.9 Å². The van der Waals surface area contributed by atoms with Crippen LogP contribution in [-0.2, 0) is 9.53 Å². The van der Waals surface area contributed by atoms with Crippen molar-refractivity contribution in [2.45, 2.75) is 12.5 Å². The van der Waals surface area contributed by atoms with Crippen LogP contribution in [0.1, 0.15) is 33.9 Å². The van der Waals surface area contributed by atoms with E-state index in [0.717, 1.165) is 22.6 Å². The number of carbonyl (C=O) groups is 2. The monoisotopic (exact) mass is 474 g/mol. The van der Waals surface area contributed by atoms with Crippen LogP contribution in [0.5, 0.6) is 17.2 Å². The summed E-state index contributed by atoms with van der Waals surface area (Å²) in [6.07, 6.45) is 0.533. The molecule has 1 aliphatic rings. The summed E-state index contributed by atoms with van der Waals surface area (Å²) in [4.78, 5) is 25.8. The number of hydrogen-bond donors (Lipinski definition) is 0. The molecule has 4 rings (SSSR count). The fourth-order valence-electron chi connectivity index (χ4n) is 3.87. The van der Waals surface area contributed by atoms with E-state index in [1.54, 1.807) is 19.2 Å². The summed E-state index contributed by atoms with van der Waals surface area (Å²) in [6, 6.07) is 21.5. The van der Waals surface area contributed by atoms with Gasteiger partial charge >= 0.3 is 5.97 Å². The number of hydrogen-bond acceptors (Lipinski definition) is 7. The van der Waals surface area contributed by atoms with Gasteiger partial charge in [0.2, 0.25) is 0 Å². The maximum Gasteiger partial charge on any atom is 0.338 e. The molecule has 3 aromatic rings. The van der Waals surface area contributed by atoms with Gasteiger partial charge in [0.25, 0.3) is 5.91 Å². The zero-order valence-electron chi connectivity index (χ0n) is 19.8. The minimum absolute atomic E-state index is 0.247. The van der Waals surface area contributed by atoms with Crippen LogP contribution in [0.4, 0.5) is 0 Å². The lowest BCUT2D eigenvalue weighted by Crippen LogP contribution is -2.31. The predicted molar refractivity (Wildman–Crippen MR) is 130 cm³/mol. The molecular formula is C27H26N2O6. The highest BCUT2D eigenvalue weighted by Gasteiger charge is 2.33. The fourth-order valence-corrected chi connectivity index (χ4v) is 3.87. The first kappa shape index (κ1) is 23.8. The number of methoxy groups -OCH3 is 3. The maximum absolute atomic E-state index is 13.2. The molecule has 0 radical (unpaired) electrons. The Hall–Kier alpha value is -4.33. The van der Waals surface area contributed by atoms with Crippen LogP contribution in [-0.4, -0.2) is 50.5 Å². The van der Waals surface area contributed by atoms with Crippen molar-refractivity contribution < 1.29 is 28.5 Å². The first-order chi connectivity index (χ1) is 17.0. The molecule has 1 aliphatic heterocycles. The van der Waals surface area contributed by atoms with Gasteiger partial charge in [-0.15, -0.1) is 0 Å². The summed E-state index contributed by atoms with van der Waals surface area (Å²) in [7, 11) is 4.59. The molecule has 0 spiro atoms. The first-order valence-corrected chi connectivity index (χ1v) is 11.0. The summed E-state index contributed by atoms with van der Waals surface area (Å²) in [5.74, 6) is 0.529. The minimum atomic E-state index is -0.647. The maximum atomic E-state index is 13.2. The normalized spacial score (nSPS) is 14.8. The molecular weight excluding hydrogens is 448 g/mol. The topological polar surface area (TPSA) is 86.7 Å². The zero-order chi connectivity index (χ0) is 24.8. The Morgan fingerprint density at radius 3 is 2.26 bits per heavy atom. The standard InChI is InChI=1S/C27H26N2O6/c1-32-21-12-9-19(10-13-21)23-16-22(18-7-5-4-6-8-18)28-29(23)26(30)17-35-27(31)20-11-14-24(33-2)25(15-20)34-3/h4-15,23H,16-17H2,1-3H3/t23-/m1/s1. The van der Waals surface area contributed by atoms with Crippen LogP contribution in [0.25, 0.3) is 0 Å². The average Bonchev–Trinajstić information content (AvgIpc) is 3.37. The third kappa shape index (κ3) is 5.27. The summed E-state index contributed by atoms with van der Waals surface area (Å²) in [5, 5.41) is 6.00. The van der Waals surface area contributed by atoms with Crippen molar-refractivity contribution in [3.8, 4) is 17.2 Å². The highest BCUT2D eigenvalue weighted by molar-refractivity contribution is 6.03. The van der Waals surface area contributed by atoms with Gasteiger partial charge in [0.15, 0.2) is 18.1 Å². The minimum Gasteiger partial charge on any atom is -0.497 e. The molecule has 0 bridgehead atoms. The third-order valence-electron chi connectivity index (χ3n) is 5.72. The summed E-state index contributed by atoms with van der Waals surface area (Å²) < 4.78 is 21.0. The number of amides is 1. The van der Waals surface area contributed by atoms with Crippen molar-refractivity contribution in [2.24, 2.45) is 5.10 Å². The Kier molecular flexibility index (Phi) is 7.30. The predicted octanol–water partition coefficient (Wildman–Crippen LogP) is 4.25. The SMILES string of the molecule is COc1ccc([C@H]2CC(c3ccccc3)=NN2C(=O)COC(=O)c2ccc(OC)c(OC)c2)cc1. The van der Waals surface area contributed by atoms with Gasteiger partial charge in [-0.25, -0.2) is 9.80 Å². The van der Waals surface area contributed by atoms with E-state index in [1.807, 2.05) is 54.6 Å². The number of nitrogens with zero attached hydrogens (tertiary/aromatic N) is 2. The van der Waals surface area contributed by atoms with Crippen molar-refractivity contribution >= 4 is 17.6 Å². The van der Waals surface area contributed by atoms with Crippen LogP contribution in [0.3, 0.4) is 0 Å². The number of benzene rings is 3. The lowest BCUT2D eigenvalue weighted by atomic mass is 9.98. The molecule has 1 atom stereocenters. The number of ether oxygens (including phenoxy) is 4. The van der Waals surface area contributed by atoms with Crippen molar-refractivity contribution in [1.82, 2.24) is 5.01 Å². The van der Waals surface area contributed by atoms with E-state index in [0.29, 0.717) is 17.9 Å². The van der Waals surface area contributed by atoms with Gasteiger partial charge < -0.3 is 18.9 Å². The van der Waals surface area contributed by atoms with Gasteiger partial charge in [-0.3, -0.25) is 4.79 Å². The Morgan fingerprint density at radius 1 is 0.886 bits per heavy atom. The number of esters is 1. The van der Waals surface area contributed by atoms with Crippen LogP contribution in [0.2, 0.25) is 0 Å². The van der Waals surface area contributed by atoms with Crippen LogP contribution in [0.15, 0.2) is 77.9 Å². The van der Waals surface area contributed by atoms with E-state index in [1.165, 1.54) is 25.3 Å². The molecule has 8 heteroatoms. The summed E-state index contributed by atoms with van der Waals surface area (Å²) >= 11 is 0. The molecule has 180 valence electrons. The number of hydrazone groups is 1. The molecule has 8 nitrogen and oxygen atoms in total. The molecule has 0 unspecified atom stereocenters. The molecule has 3 aromatic carbocycles. The second-order valence-corrected chi connectivity index (χ2v) is 7.79. The quantitative estimate of drug-likeness (QED) is 0.454. The first-order valence-electron chi connectivity index (χ1n) is 11.0. The van der Waals surface area contributed by atoms with Gasteiger partial charge in [-0.1, -0.05) is 42.5 Å². The summed E-state index contributed by atoms with van der Waals surface area (Å²) in [5.41, 5.74) is 2.87. The molecule has 0 aromatic heterocycles. The van der Waals surface area contributed by atoms with Gasteiger partial charge in [0.1, 0.15) is 5.75 Å². The van der Waals surface area contributed by atoms with E-state index in [-0.39, 0.29) is 11.6 Å². The Bertz CT molecular complexity index is 1220. The molecule has 0 N–H and O–H groups in total. The highest BCUT2D eigenvalue weighted by atomic mass is 16.5. The largest absolute Gasteiger partial charge is 0.497 e. The van der Waals surface area contributed by atoms with Crippen LogP contribution in [0, 0.1) is 0 Å². The van der Waals surface area contributed by atoms with Crippen LogP contribution >= 0.6 is 0 Å². The molecule has 1 heterocycles. The van der Waals surface area contributed by atoms with Gasteiger partial charge in [0.05, 0.1) is 38.6 Å². The van der Waals surface area contributed by atoms with Gasteiger partial charge in [-0.05, 0) is 41.5 Å². The lowest BCUT2D eigenvalue weighted by Gasteiger charge is -2.22. The molecule has 0 fully saturated rings. The number of carbonyl (C=O) groups excluding carboxylic acids is 2. The van der Waals surface area contributed by atoms with E-state index in [4.69, 9.17) is 18.9 Å². The molecule has 1 amide bonds. The fraction of sp³-hybridized carbons (Fsp3) is 0.222. The lowest BCUT2D eigenvalue weighted by molar-refractivity contribution is -0.136. The molecule has 0 saturated heterocycles. The Labute approximate surface area is 203 Å². The molecule has 35 heavy (non-hydrogen) atoms. The van der Waals surface area contributed by atoms with Gasteiger partial charge in [0, 0.05) is 6.42 Å². The summed E-state index contributed by atoms with van der Waals surface area (Å²) in [6.45, 7) is -0.453. The smallest absolute Gasteiger partial charge is 0.338 e. The van der Waals surface area contributed by atoms with Crippen molar-refractivity contribution in [1.29, 1.82) is 0 Å². The third-order valence-corrected chi connectivity index (χ3v) is 5.72. The van der Waals surface area contributed by atoms with E-state index in [2.05, 4.69) is 5.10 Å². The second kappa shape index (κ2) is 10.7. The van der Waals surface area contributed by atoms with Crippen molar-refractivity contribution in [3.63, 3.8) is 0 Å². The average molecular weight is 475 g/mol. The van der Waals surface area contributed by atoms with E-state index in [9.17, 15) is 9.59 Å². The van der Waals surface area contributed by atoms with Crippen LogP contribution < -0.4 is 14.2 Å². The Morgan fingerprint density at radius 2 is 1.60 bits per heavy atom. The Balaban J connectivity index is 1.52.